The number of alkyl carbamates (subject to hydrolysis) is 1. The van der Waals surface area contributed by atoms with Gasteiger partial charge in [-0.3, -0.25) is 0 Å². The number of hydrogen-bond donors (Lipinski definition) is 2. The first-order valence-electron chi connectivity index (χ1n) is 16.4. The number of sulfone groups is 1. The summed E-state index contributed by atoms with van der Waals surface area (Å²) in [6.45, 7) is 7.51. The Hall–Kier alpha value is -4.25. The summed E-state index contributed by atoms with van der Waals surface area (Å²) in [6.07, 6.45) is 8.87. The summed E-state index contributed by atoms with van der Waals surface area (Å²) < 4.78 is 38.1. The third kappa shape index (κ3) is 7.84. The van der Waals surface area contributed by atoms with Crippen LogP contribution in [0.4, 0.5) is 10.7 Å². The lowest BCUT2D eigenvalue weighted by molar-refractivity contribution is 0.0492. The van der Waals surface area contributed by atoms with Crippen molar-refractivity contribution < 1.29 is 22.7 Å². The predicted molar refractivity (Wildman–Crippen MR) is 183 cm³/mol. The highest BCUT2D eigenvalue weighted by Crippen LogP contribution is 2.39. The smallest absolute Gasteiger partial charge is 0.407 e. The van der Waals surface area contributed by atoms with Gasteiger partial charge in [-0.15, -0.1) is 0 Å². The molecule has 2 aromatic heterocycles. The number of benzene rings is 2. The van der Waals surface area contributed by atoms with Crippen LogP contribution in [0.15, 0.2) is 60.9 Å². The van der Waals surface area contributed by atoms with E-state index in [0.29, 0.717) is 28.8 Å². The number of carbonyl (C=O) groups is 1. The van der Waals surface area contributed by atoms with Gasteiger partial charge in [0, 0.05) is 29.9 Å². The van der Waals surface area contributed by atoms with Crippen LogP contribution in [0.3, 0.4) is 0 Å². The van der Waals surface area contributed by atoms with Crippen molar-refractivity contribution in [1.29, 1.82) is 0 Å². The van der Waals surface area contributed by atoms with Crippen molar-refractivity contribution in [2.45, 2.75) is 101 Å². The van der Waals surface area contributed by atoms with Crippen molar-refractivity contribution >= 4 is 32.7 Å². The molecule has 2 saturated carbocycles. The summed E-state index contributed by atoms with van der Waals surface area (Å²) in [5.41, 5.74) is 2.47. The Balaban J connectivity index is 1.18. The van der Waals surface area contributed by atoms with E-state index in [-0.39, 0.29) is 29.2 Å². The molecule has 10 nitrogen and oxygen atoms in total. The van der Waals surface area contributed by atoms with E-state index in [2.05, 4.69) is 20.6 Å². The van der Waals surface area contributed by atoms with Crippen molar-refractivity contribution in [3.05, 3.63) is 72.1 Å². The molecular formula is C36H43N5O5S. The van der Waals surface area contributed by atoms with E-state index in [1.54, 1.807) is 12.4 Å². The van der Waals surface area contributed by atoms with E-state index in [0.717, 1.165) is 66.8 Å². The number of amides is 1. The van der Waals surface area contributed by atoms with Crippen LogP contribution >= 0.6 is 0 Å². The van der Waals surface area contributed by atoms with Crippen molar-refractivity contribution in [2.24, 2.45) is 0 Å². The van der Waals surface area contributed by atoms with Gasteiger partial charge in [-0.1, -0.05) is 36.8 Å². The van der Waals surface area contributed by atoms with E-state index in [9.17, 15) is 13.2 Å². The topological polar surface area (TPSA) is 132 Å². The fraction of sp³-hybridized carbons (Fsp3) is 0.444. The Morgan fingerprint density at radius 3 is 2.34 bits per heavy atom. The van der Waals surface area contributed by atoms with Gasteiger partial charge in [-0.25, -0.2) is 28.2 Å². The molecule has 0 aliphatic heterocycles. The maximum atomic E-state index is 13.1. The molecule has 11 heteroatoms. The highest BCUT2D eigenvalue weighted by atomic mass is 32.2. The van der Waals surface area contributed by atoms with Crippen LogP contribution in [0.2, 0.25) is 0 Å². The number of rotatable bonds is 9. The number of nitrogens with one attached hydrogen (secondary N) is 2. The lowest BCUT2D eigenvalue weighted by atomic mass is 9.91. The van der Waals surface area contributed by atoms with Gasteiger partial charge in [-0.05, 0) is 101 Å². The molecule has 2 heterocycles. The zero-order chi connectivity index (χ0) is 33.2. The highest BCUT2D eigenvalue weighted by Gasteiger charge is 2.32. The molecule has 248 valence electrons. The van der Waals surface area contributed by atoms with Gasteiger partial charge in [0.15, 0.2) is 9.84 Å². The van der Waals surface area contributed by atoms with E-state index in [1.807, 2.05) is 76.2 Å². The number of fused-ring (bicyclic) bond motifs is 1. The number of ether oxygens (including phenoxy) is 2. The molecule has 4 aromatic rings. The minimum atomic E-state index is -3.22. The number of hydrogen-bond acceptors (Lipinski definition) is 9. The summed E-state index contributed by atoms with van der Waals surface area (Å²) in [7, 11) is -3.22. The quantitative estimate of drug-likeness (QED) is 0.188. The lowest BCUT2D eigenvalue weighted by Gasteiger charge is -2.30. The Morgan fingerprint density at radius 1 is 0.915 bits per heavy atom. The largest absolute Gasteiger partial charge is 0.444 e. The van der Waals surface area contributed by atoms with E-state index < -0.39 is 15.4 Å². The molecule has 2 aromatic carbocycles. The van der Waals surface area contributed by atoms with Crippen LogP contribution in [-0.4, -0.2) is 52.4 Å². The third-order valence-corrected chi connectivity index (χ3v) is 11.1. The van der Waals surface area contributed by atoms with Crippen molar-refractivity contribution in [1.82, 2.24) is 20.3 Å². The zero-order valence-electron chi connectivity index (χ0n) is 27.5. The van der Waals surface area contributed by atoms with Gasteiger partial charge < -0.3 is 20.1 Å². The number of nitrogens with zero attached hydrogens (tertiary/aromatic N) is 3. The number of aromatic nitrogens is 3. The molecule has 0 spiro atoms. The second kappa shape index (κ2) is 13.5. The average Bonchev–Trinajstić information content (AvgIpc) is 2.98. The summed E-state index contributed by atoms with van der Waals surface area (Å²) in [6, 6.07) is 15.5. The van der Waals surface area contributed by atoms with Gasteiger partial charge in [0.1, 0.15) is 11.4 Å². The summed E-state index contributed by atoms with van der Waals surface area (Å²) in [5, 5.41) is 7.91. The Labute approximate surface area is 276 Å². The van der Waals surface area contributed by atoms with Crippen LogP contribution in [-0.2, 0) is 20.3 Å². The van der Waals surface area contributed by atoms with E-state index >= 15 is 0 Å². The standard InChI is InChI=1S/C36H43N5O5S/c1-23-21-24(22-47(43,44)27-9-7-10-27)28-11-5-6-12-29(28)32(23)45-33-30(13-8-19-37-33)31-18-20-38-34(41-31)39-25-14-16-26(17-15-25)40-35(42)46-36(2,3)4/h5-6,8,11-13,18-21,25-27H,7,9-10,14-17,22H2,1-4H3,(H,40,42)(H,38,39,41). The van der Waals surface area contributed by atoms with E-state index in [1.165, 1.54) is 0 Å². The molecule has 0 atom stereocenters. The lowest BCUT2D eigenvalue weighted by Crippen LogP contribution is -2.42. The number of carbonyl (C=O) groups excluding carboxylic acids is 1. The second-order valence-corrected chi connectivity index (χ2v) is 15.9. The summed E-state index contributed by atoms with van der Waals surface area (Å²) in [4.78, 5) is 26.1. The molecular weight excluding hydrogens is 614 g/mol. The Morgan fingerprint density at radius 2 is 1.64 bits per heavy atom. The maximum Gasteiger partial charge on any atom is 0.407 e. The molecule has 47 heavy (non-hydrogen) atoms. The minimum absolute atomic E-state index is 0.0206. The fourth-order valence-electron chi connectivity index (χ4n) is 6.28. The number of pyridine rings is 1. The third-order valence-electron chi connectivity index (χ3n) is 8.87. The highest BCUT2D eigenvalue weighted by molar-refractivity contribution is 7.91. The van der Waals surface area contributed by atoms with Crippen LogP contribution in [0.25, 0.3) is 22.0 Å². The summed E-state index contributed by atoms with van der Waals surface area (Å²) in [5.74, 6) is 1.57. The molecule has 1 amide bonds. The van der Waals surface area contributed by atoms with Crippen LogP contribution in [0.5, 0.6) is 11.6 Å². The van der Waals surface area contributed by atoms with E-state index in [4.69, 9.17) is 14.5 Å². The SMILES string of the molecule is Cc1cc(CS(=O)(=O)C2CCC2)c2ccccc2c1Oc1ncccc1-c1ccnc(NC2CCC(NC(=O)OC(C)(C)C)CC2)n1. The van der Waals surface area contributed by atoms with Gasteiger partial charge >= 0.3 is 6.09 Å². The maximum absolute atomic E-state index is 13.1. The molecule has 0 bridgehead atoms. The molecule has 2 aliphatic carbocycles. The first-order chi connectivity index (χ1) is 22.4. The van der Waals surface area contributed by atoms with Gasteiger partial charge in [0.05, 0.1) is 22.3 Å². The van der Waals surface area contributed by atoms with Crippen LogP contribution in [0, 0.1) is 6.92 Å². The average molecular weight is 658 g/mol. The molecule has 0 radical (unpaired) electrons. The fourth-order valence-corrected chi connectivity index (χ4v) is 8.24. The number of aryl methyl sites for hydroxylation is 1. The Kier molecular flexibility index (Phi) is 9.36. The monoisotopic (exact) mass is 657 g/mol. The predicted octanol–water partition coefficient (Wildman–Crippen LogP) is 7.51. The molecule has 0 saturated heterocycles. The zero-order valence-corrected chi connectivity index (χ0v) is 28.3. The molecule has 6 rings (SSSR count). The normalized spacial score (nSPS) is 18.7. The molecule has 0 unspecified atom stereocenters. The summed E-state index contributed by atoms with van der Waals surface area (Å²) >= 11 is 0. The first-order valence-corrected chi connectivity index (χ1v) is 18.1. The van der Waals surface area contributed by atoms with Crippen molar-refractivity contribution in [3.8, 4) is 22.9 Å². The van der Waals surface area contributed by atoms with Crippen LogP contribution in [0.1, 0.15) is 76.8 Å². The van der Waals surface area contributed by atoms with Gasteiger partial charge in [-0.2, -0.15) is 0 Å². The van der Waals surface area contributed by atoms with Crippen molar-refractivity contribution in [2.75, 3.05) is 5.32 Å². The number of anilines is 1. The minimum Gasteiger partial charge on any atom is -0.444 e. The molecule has 2 aliphatic rings. The Bertz CT molecular complexity index is 1860. The second-order valence-electron chi connectivity index (χ2n) is 13.7. The first kappa shape index (κ1) is 32.7. The van der Waals surface area contributed by atoms with Gasteiger partial charge in [0.2, 0.25) is 11.8 Å². The molecule has 2 N–H and O–H groups in total. The van der Waals surface area contributed by atoms with Gasteiger partial charge in [0.25, 0.3) is 0 Å². The van der Waals surface area contributed by atoms with Crippen molar-refractivity contribution in [3.63, 3.8) is 0 Å². The van der Waals surface area contributed by atoms with Crippen LogP contribution < -0.4 is 15.4 Å². The molecule has 2 fully saturated rings.